The molecule has 0 atom stereocenters. The fourth-order valence-electron chi connectivity index (χ4n) is 1.73. The molecular weight excluding hydrogens is 260 g/mol. The fraction of sp³-hybridized carbons (Fsp3) is 0.600. The van der Waals surface area contributed by atoms with Crippen molar-refractivity contribution in [1.82, 2.24) is 0 Å². The Kier molecular flexibility index (Phi) is 8.78. The third-order valence-corrected chi connectivity index (χ3v) is 2.64. The average Bonchev–Trinajstić information content (AvgIpc) is 2.47. The first-order valence-corrected chi connectivity index (χ1v) is 6.88. The van der Waals surface area contributed by atoms with Gasteiger partial charge in [0.15, 0.2) is 11.5 Å². The van der Waals surface area contributed by atoms with E-state index in [9.17, 15) is 5.11 Å². The van der Waals surface area contributed by atoms with E-state index >= 15 is 0 Å². The quantitative estimate of drug-likeness (QED) is 0.630. The third-order valence-electron chi connectivity index (χ3n) is 2.64. The third kappa shape index (κ3) is 5.77. The van der Waals surface area contributed by atoms with Crippen molar-refractivity contribution in [3.8, 4) is 11.5 Å². The maximum atomic E-state index is 9.33. The summed E-state index contributed by atoms with van der Waals surface area (Å²) in [5.41, 5.74) is 0.718. The molecule has 0 saturated carbocycles. The van der Waals surface area contributed by atoms with Gasteiger partial charge in [0.1, 0.15) is 6.61 Å². The van der Waals surface area contributed by atoms with Gasteiger partial charge in [-0.25, -0.2) is 0 Å². The number of aliphatic hydroxyl groups excluding tert-OH is 1. The molecule has 0 aliphatic heterocycles. The molecule has 0 unspecified atom stereocenters. The van der Waals surface area contributed by atoms with Crippen LogP contribution < -0.4 is 9.47 Å². The van der Waals surface area contributed by atoms with E-state index in [0.29, 0.717) is 44.5 Å². The van der Waals surface area contributed by atoms with Crippen molar-refractivity contribution in [2.45, 2.75) is 20.0 Å². The highest BCUT2D eigenvalue weighted by molar-refractivity contribution is 5.46. The van der Waals surface area contributed by atoms with Crippen molar-refractivity contribution in [1.29, 1.82) is 0 Å². The van der Waals surface area contributed by atoms with Crippen LogP contribution in [0.1, 0.15) is 18.9 Å². The van der Waals surface area contributed by atoms with Gasteiger partial charge in [0.05, 0.1) is 19.8 Å². The number of aliphatic hydroxyl groups is 1. The van der Waals surface area contributed by atoms with Crippen LogP contribution in [0, 0.1) is 0 Å². The van der Waals surface area contributed by atoms with Crippen molar-refractivity contribution in [3.63, 3.8) is 0 Å². The summed E-state index contributed by atoms with van der Waals surface area (Å²) in [6.07, 6.45) is 0.869. The van der Waals surface area contributed by atoms with E-state index in [1.807, 2.05) is 25.1 Å². The topological polar surface area (TPSA) is 57.2 Å². The lowest BCUT2D eigenvalue weighted by molar-refractivity contribution is 0.0791. The van der Waals surface area contributed by atoms with Crippen molar-refractivity contribution >= 4 is 0 Å². The number of hydrogen-bond donors (Lipinski definition) is 1. The minimum atomic E-state index is -0.0784. The molecule has 0 amide bonds. The molecule has 5 nitrogen and oxygen atoms in total. The summed E-state index contributed by atoms with van der Waals surface area (Å²) in [6.45, 7) is 4.65. The summed E-state index contributed by atoms with van der Waals surface area (Å²) in [4.78, 5) is 0. The summed E-state index contributed by atoms with van der Waals surface area (Å²) < 4.78 is 21.5. The normalized spacial score (nSPS) is 10.6. The summed E-state index contributed by atoms with van der Waals surface area (Å²) in [5.74, 6) is 1.25. The van der Waals surface area contributed by atoms with Crippen LogP contribution in [0.5, 0.6) is 11.5 Å². The van der Waals surface area contributed by atoms with Gasteiger partial charge in [-0.05, 0) is 19.4 Å². The van der Waals surface area contributed by atoms with E-state index < -0.39 is 0 Å². The minimum absolute atomic E-state index is 0.0784. The van der Waals surface area contributed by atoms with Gasteiger partial charge in [-0.1, -0.05) is 12.1 Å². The van der Waals surface area contributed by atoms with Gasteiger partial charge < -0.3 is 24.1 Å². The highest BCUT2D eigenvalue weighted by atomic mass is 16.5. The Labute approximate surface area is 120 Å². The highest BCUT2D eigenvalue weighted by Crippen LogP contribution is 2.31. The average molecular weight is 284 g/mol. The molecule has 5 heteroatoms. The van der Waals surface area contributed by atoms with E-state index in [1.165, 1.54) is 0 Å². The van der Waals surface area contributed by atoms with E-state index in [-0.39, 0.29) is 6.61 Å². The number of hydrogen-bond acceptors (Lipinski definition) is 5. The Morgan fingerprint density at radius 1 is 1.05 bits per heavy atom. The number of ether oxygens (including phenoxy) is 4. The monoisotopic (exact) mass is 284 g/mol. The molecule has 20 heavy (non-hydrogen) atoms. The molecule has 1 aromatic carbocycles. The Morgan fingerprint density at radius 2 is 1.90 bits per heavy atom. The summed E-state index contributed by atoms with van der Waals surface area (Å²) in [5, 5.41) is 9.33. The molecule has 0 bridgehead atoms. The van der Waals surface area contributed by atoms with Crippen LogP contribution in [0.15, 0.2) is 18.2 Å². The second-order valence-electron chi connectivity index (χ2n) is 4.14. The van der Waals surface area contributed by atoms with Crippen LogP contribution in [0.3, 0.4) is 0 Å². The summed E-state index contributed by atoms with van der Waals surface area (Å²) >= 11 is 0. The highest BCUT2D eigenvalue weighted by Gasteiger charge is 2.10. The van der Waals surface area contributed by atoms with Crippen LogP contribution in [-0.4, -0.2) is 45.3 Å². The van der Waals surface area contributed by atoms with E-state index in [0.717, 1.165) is 12.0 Å². The second-order valence-corrected chi connectivity index (χ2v) is 4.14. The Bertz CT molecular complexity index is 367. The fourth-order valence-corrected chi connectivity index (χ4v) is 1.73. The molecule has 1 rings (SSSR count). The first kappa shape index (κ1) is 16.8. The molecule has 0 saturated heterocycles. The van der Waals surface area contributed by atoms with Gasteiger partial charge >= 0.3 is 0 Å². The summed E-state index contributed by atoms with van der Waals surface area (Å²) in [6, 6.07) is 5.49. The van der Waals surface area contributed by atoms with Crippen LogP contribution in [0.4, 0.5) is 0 Å². The zero-order chi connectivity index (χ0) is 14.6. The number of rotatable bonds is 11. The Morgan fingerprint density at radius 3 is 2.60 bits per heavy atom. The number of methoxy groups -OCH3 is 1. The lowest BCUT2D eigenvalue weighted by Crippen LogP contribution is -2.10. The molecule has 0 aliphatic carbocycles. The zero-order valence-electron chi connectivity index (χ0n) is 12.3. The number of para-hydroxylation sites is 1. The van der Waals surface area contributed by atoms with Gasteiger partial charge in [0, 0.05) is 25.9 Å². The van der Waals surface area contributed by atoms with E-state index in [2.05, 4.69) is 0 Å². The molecule has 0 radical (unpaired) electrons. The van der Waals surface area contributed by atoms with Gasteiger partial charge in [0.25, 0.3) is 0 Å². The van der Waals surface area contributed by atoms with Crippen LogP contribution in [0.2, 0.25) is 0 Å². The van der Waals surface area contributed by atoms with Gasteiger partial charge in [-0.3, -0.25) is 0 Å². The van der Waals surface area contributed by atoms with Crippen molar-refractivity contribution in [3.05, 3.63) is 23.8 Å². The predicted octanol–water partition coefficient (Wildman–Crippen LogP) is 2.01. The van der Waals surface area contributed by atoms with Crippen molar-refractivity contribution < 1.29 is 24.1 Å². The van der Waals surface area contributed by atoms with Crippen molar-refractivity contribution in [2.24, 2.45) is 0 Å². The number of benzene rings is 1. The molecule has 114 valence electrons. The summed E-state index contributed by atoms with van der Waals surface area (Å²) in [7, 11) is 1.67. The van der Waals surface area contributed by atoms with Crippen LogP contribution in [-0.2, 0) is 16.1 Å². The second kappa shape index (κ2) is 10.5. The van der Waals surface area contributed by atoms with E-state index in [4.69, 9.17) is 18.9 Å². The zero-order valence-corrected chi connectivity index (χ0v) is 12.3. The molecular formula is C15H24O5. The van der Waals surface area contributed by atoms with Gasteiger partial charge in [-0.15, -0.1) is 0 Å². The molecule has 0 aliphatic rings. The largest absolute Gasteiger partial charge is 0.490 e. The SMILES string of the molecule is CCOc1cccc(CO)c1OCCOCCCOC. The minimum Gasteiger partial charge on any atom is -0.490 e. The van der Waals surface area contributed by atoms with Crippen LogP contribution >= 0.6 is 0 Å². The lowest BCUT2D eigenvalue weighted by atomic mass is 10.2. The maximum absolute atomic E-state index is 9.33. The lowest BCUT2D eigenvalue weighted by Gasteiger charge is -2.15. The standard InChI is InChI=1S/C15H24O5/c1-3-19-14-7-4-6-13(12-16)15(14)20-11-10-18-9-5-8-17-2/h4,6-7,16H,3,5,8-12H2,1-2H3. The van der Waals surface area contributed by atoms with Crippen LogP contribution in [0.25, 0.3) is 0 Å². The molecule has 1 N–H and O–H groups in total. The maximum Gasteiger partial charge on any atom is 0.166 e. The molecule has 0 fully saturated rings. The van der Waals surface area contributed by atoms with Crippen molar-refractivity contribution in [2.75, 3.05) is 40.1 Å². The van der Waals surface area contributed by atoms with Gasteiger partial charge in [-0.2, -0.15) is 0 Å². The Hall–Kier alpha value is -1.30. The smallest absolute Gasteiger partial charge is 0.166 e. The molecule has 0 aromatic heterocycles. The molecule has 0 heterocycles. The van der Waals surface area contributed by atoms with E-state index in [1.54, 1.807) is 7.11 Å². The first-order chi connectivity index (χ1) is 9.83. The molecule has 1 aromatic rings. The predicted molar refractivity (Wildman–Crippen MR) is 76.3 cm³/mol. The van der Waals surface area contributed by atoms with Gasteiger partial charge in [0.2, 0.25) is 0 Å². The first-order valence-electron chi connectivity index (χ1n) is 6.88. The Balaban J connectivity index is 2.41. The molecule has 0 spiro atoms.